The van der Waals surface area contributed by atoms with Crippen molar-refractivity contribution >= 4 is 58.0 Å². The maximum absolute atomic E-state index is 11.5. The summed E-state index contributed by atoms with van der Waals surface area (Å²) < 4.78 is 5.69. The topological polar surface area (TPSA) is 57.1 Å². The second-order valence-electron chi connectivity index (χ2n) is 3.34. The molecular weight excluding hydrogens is 373 g/mol. The standard InChI is InChI=1S/C9H6Cl2N2O3.CHCl3/c1-12-8(14)13(16-9(12)15)5-2-3-6(10)7(11)4-5;2-1(3)4/h2-4H,1H3;1H. The van der Waals surface area contributed by atoms with E-state index in [1.807, 2.05) is 0 Å². The molecule has 0 unspecified atom stereocenters. The molecule has 0 saturated heterocycles. The molecule has 2 rings (SSSR count). The quantitative estimate of drug-likeness (QED) is 0.713. The van der Waals surface area contributed by atoms with Crippen LogP contribution in [0.25, 0.3) is 5.69 Å². The van der Waals surface area contributed by atoms with Gasteiger partial charge in [0, 0.05) is 7.05 Å². The Balaban J connectivity index is 0.000000444. The van der Waals surface area contributed by atoms with Gasteiger partial charge in [-0.2, -0.15) is 0 Å². The van der Waals surface area contributed by atoms with Gasteiger partial charge in [-0.3, -0.25) is 0 Å². The van der Waals surface area contributed by atoms with Gasteiger partial charge in [-0.15, -0.1) is 4.74 Å². The van der Waals surface area contributed by atoms with Gasteiger partial charge in [0.2, 0.25) is 0 Å². The van der Waals surface area contributed by atoms with Crippen LogP contribution in [0, 0.1) is 0 Å². The molecule has 1 aromatic heterocycles. The van der Waals surface area contributed by atoms with Gasteiger partial charge < -0.3 is 4.52 Å². The molecule has 1 heterocycles. The number of nitrogens with zero attached hydrogens (tertiary/aromatic N) is 2. The molecule has 110 valence electrons. The van der Waals surface area contributed by atoms with Crippen molar-refractivity contribution in [1.82, 2.24) is 9.31 Å². The molecule has 2 aromatic rings. The van der Waals surface area contributed by atoms with Crippen LogP contribution in [-0.4, -0.2) is 13.6 Å². The molecule has 0 radical (unpaired) electrons. The first-order chi connectivity index (χ1) is 9.23. The maximum Gasteiger partial charge on any atom is 0.442 e. The molecule has 0 amide bonds. The molecule has 0 N–H and O–H groups in total. The highest BCUT2D eigenvalue weighted by Crippen LogP contribution is 2.23. The third-order valence-corrected chi connectivity index (χ3v) is 2.78. The van der Waals surface area contributed by atoms with Crippen molar-refractivity contribution in [1.29, 1.82) is 0 Å². The number of hydrogen-bond donors (Lipinski definition) is 0. The lowest BCUT2D eigenvalue weighted by Crippen LogP contribution is -2.25. The summed E-state index contributed by atoms with van der Waals surface area (Å²) in [5.41, 5.74) is -0.236. The van der Waals surface area contributed by atoms with E-state index in [0.29, 0.717) is 10.7 Å². The minimum Gasteiger partial charge on any atom is -0.312 e. The van der Waals surface area contributed by atoms with E-state index in [2.05, 4.69) is 0 Å². The molecule has 5 nitrogen and oxygen atoms in total. The molecule has 20 heavy (non-hydrogen) atoms. The number of aromatic nitrogens is 2. The fourth-order valence-electron chi connectivity index (χ4n) is 1.17. The fraction of sp³-hybridized carbons (Fsp3) is 0.200. The van der Waals surface area contributed by atoms with Crippen LogP contribution in [0.2, 0.25) is 10.0 Å². The lowest BCUT2D eigenvalue weighted by molar-refractivity contribution is 0.312. The predicted molar refractivity (Wildman–Crippen MR) is 80.9 cm³/mol. The molecule has 10 heteroatoms. The Kier molecular flexibility index (Phi) is 6.48. The van der Waals surface area contributed by atoms with Crippen molar-refractivity contribution in [2.45, 2.75) is 4.30 Å². The van der Waals surface area contributed by atoms with Crippen LogP contribution < -0.4 is 11.4 Å². The Morgan fingerprint density at radius 1 is 1.10 bits per heavy atom. The first-order valence-electron chi connectivity index (χ1n) is 4.91. The summed E-state index contributed by atoms with van der Waals surface area (Å²) in [6.45, 7) is 0. The van der Waals surface area contributed by atoms with Gasteiger partial charge in [0.1, 0.15) is 0 Å². The van der Waals surface area contributed by atoms with Crippen LogP contribution in [-0.2, 0) is 7.05 Å². The lowest BCUT2D eigenvalue weighted by atomic mass is 10.3. The Labute approximate surface area is 138 Å². The second kappa shape index (κ2) is 7.43. The zero-order chi connectivity index (χ0) is 15.4. The van der Waals surface area contributed by atoms with Gasteiger partial charge in [-0.25, -0.2) is 14.2 Å². The minimum atomic E-state index is -0.750. The molecule has 0 aliphatic carbocycles. The van der Waals surface area contributed by atoms with E-state index in [9.17, 15) is 9.59 Å². The van der Waals surface area contributed by atoms with Crippen molar-refractivity contribution in [2.24, 2.45) is 7.05 Å². The van der Waals surface area contributed by atoms with Gasteiger partial charge in [-0.1, -0.05) is 58.0 Å². The van der Waals surface area contributed by atoms with Crippen LogP contribution in [0.5, 0.6) is 0 Å². The highest BCUT2D eigenvalue weighted by molar-refractivity contribution is 6.63. The Morgan fingerprint density at radius 3 is 2.05 bits per heavy atom. The Morgan fingerprint density at radius 2 is 1.65 bits per heavy atom. The van der Waals surface area contributed by atoms with Crippen molar-refractivity contribution in [2.75, 3.05) is 0 Å². The zero-order valence-electron chi connectivity index (χ0n) is 9.82. The van der Waals surface area contributed by atoms with E-state index >= 15 is 0 Å². The predicted octanol–water partition coefficient (Wildman–Crippen LogP) is 3.42. The maximum atomic E-state index is 11.5. The first-order valence-corrected chi connectivity index (χ1v) is 6.97. The van der Waals surface area contributed by atoms with Crippen LogP contribution in [0.1, 0.15) is 0 Å². The van der Waals surface area contributed by atoms with E-state index in [1.54, 1.807) is 0 Å². The van der Waals surface area contributed by atoms with Gasteiger partial charge in [0.25, 0.3) is 0 Å². The van der Waals surface area contributed by atoms with E-state index < -0.39 is 15.7 Å². The summed E-state index contributed by atoms with van der Waals surface area (Å²) in [5, 5.41) is 0.634. The molecule has 1 aromatic carbocycles. The van der Waals surface area contributed by atoms with Crippen LogP contribution in [0.15, 0.2) is 32.3 Å². The SMILES string of the molecule is ClC(Cl)Cl.Cn1c(=O)on(-c2ccc(Cl)c(Cl)c2)c1=O. The van der Waals surface area contributed by atoms with Crippen LogP contribution >= 0.6 is 58.0 Å². The van der Waals surface area contributed by atoms with E-state index in [4.69, 9.17) is 62.5 Å². The third kappa shape index (κ3) is 4.46. The summed E-state index contributed by atoms with van der Waals surface area (Å²) in [4.78, 5) is 22.6. The number of halogens is 5. The normalized spacial score (nSPS) is 10.3. The molecule has 0 aliphatic rings. The molecule has 0 atom stereocenters. The second-order valence-corrected chi connectivity index (χ2v) is 6.13. The number of rotatable bonds is 1. The van der Waals surface area contributed by atoms with Crippen molar-refractivity contribution in [3.8, 4) is 5.69 Å². The molecule has 0 fully saturated rings. The van der Waals surface area contributed by atoms with Gasteiger partial charge in [0.05, 0.1) is 15.7 Å². The van der Waals surface area contributed by atoms with E-state index in [0.717, 1.165) is 9.31 Å². The van der Waals surface area contributed by atoms with E-state index in [1.165, 1.54) is 25.2 Å². The van der Waals surface area contributed by atoms with Crippen molar-refractivity contribution < 1.29 is 4.52 Å². The number of alkyl halides is 3. The first kappa shape index (κ1) is 17.5. The Bertz CT molecular complexity index is 701. The highest BCUT2D eigenvalue weighted by atomic mass is 35.6. The zero-order valence-corrected chi connectivity index (χ0v) is 13.6. The summed E-state index contributed by atoms with van der Waals surface area (Å²) in [7, 11) is 1.32. The van der Waals surface area contributed by atoms with Crippen LogP contribution in [0.3, 0.4) is 0 Å². The smallest absolute Gasteiger partial charge is 0.312 e. The molecule has 0 bridgehead atoms. The number of benzene rings is 1. The van der Waals surface area contributed by atoms with Gasteiger partial charge >= 0.3 is 11.4 Å². The summed E-state index contributed by atoms with van der Waals surface area (Å²) in [6.07, 6.45) is 0. The minimum absolute atomic E-state index is 0.276. The Hall–Kier alpha value is -0.590. The highest BCUT2D eigenvalue weighted by Gasteiger charge is 2.10. The average molecular weight is 380 g/mol. The fourth-order valence-corrected chi connectivity index (χ4v) is 1.46. The average Bonchev–Trinajstić information content (AvgIpc) is 2.60. The summed E-state index contributed by atoms with van der Waals surface area (Å²) in [5.74, 6) is -0.740. The summed E-state index contributed by atoms with van der Waals surface area (Å²) >= 11 is 25.9. The molecule has 0 saturated carbocycles. The number of hydrogen-bond acceptors (Lipinski definition) is 3. The largest absolute Gasteiger partial charge is 0.442 e. The lowest BCUT2D eigenvalue weighted by Gasteiger charge is -2.00. The van der Waals surface area contributed by atoms with E-state index in [-0.39, 0.29) is 5.02 Å². The van der Waals surface area contributed by atoms with Gasteiger partial charge in [-0.05, 0) is 18.2 Å². The molecule has 0 aliphatic heterocycles. The third-order valence-electron chi connectivity index (χ3n) is 2.04. The van der Waals surface area contributed by atoms with Crippen LogP contribution in [0.4, 0.5) is 0 Å². The monoisotopic (exact) mass is 378 g/mol. The van der Waals surface area contributed by atoms with Crippen molar-refractivity contribution in [3.05, 3.63) is 49.3 Å². The van der Waals surface area contributed by atoms with Gasteiger partial charge in [0.15, 0.2) is 4.30 Å². The molecule has 0 spiro atoms. The summed E-state index contributed by atoms with van der Waals surface area (Å²) in [6, 6.07) is 4.48. The van der Waals surface area contributed by atoms with Crippen molar-refractivity contribution in [3.63, 3.8) is 0 Å². The molecular formula is C10H7Cl5N2O3.